The molecule has 0 unspecified atom stereocenters. The number of aryl methyl sites for hydroxylation is 1. The maximum atomic E-state index is 12.0. The number of rotatable bonds is 3. The summed E-state index contributed by atoms with van der Waals surface area (Å²) in [4.78, 5) is 22.6. The van der Waals surface area contributed by atoms with E-state index in [0.29, 0.717) is 11.3 Å². The van der Waals surface area contributed by atoms with Gasteiger partial charge in [0, 0.05) is 11.6 Å². The predicted molar refractivity (Wildman–Crippen MR) is 86.3 cm³/mol. The second-order valence-corrected chi connectivity index (χ2v) is 5.18. The Balaban J connectivity index is 1.99. The molecule has 5 heteroatoms. The second kappa shape index (κ2) is 5.88. The van der Waals surface area contributed by atoms with Gasteiger partial charge in [-0.2, -0.15) is 0 Å². The smallest absolute Gasteiger partial charge is 0.343 e. The number of para-hydroxylation sites is 1. The van der Waals surface area contributed by atoms with Crippen LogP contribution in [0, 0.1) is 17.0 Å². The van der Waals surface area contributed by atoms with E-state index in [4.69, 9.17) is 4.74 Å². The Hall–Kier alpha value is -3.21. The summed E-state index contributed by atoms with van der Waals surface area (Å²) in [6, 6.07) is 13.8. The molecule has 1 heterocycles. The minimum Gasteiger partial charge on any atom is -0.422 e. The van der Waals surface area contributed by atoms with E-state index in [1.54, 1.807) is 24.3 Å². The van der Waals surface area contributed by atoms with Gasteiger partial charge in [0.1, 0.15) is 5.76 Å². The zero-order valence-electron chi connectivity index (χ0n) is 12.4. The van der Waals surface area contributed by atoms with Crippen LogP contribution < -0.4 is 0 Å². The summed E-state index contributed by atoms with van der Waals surface area (Å²) < 4.78 is 5.26. The average Bonchev–Trinajstić information content (AvgIpc) is 2.89. The molecule has 23 heavy (non-hydrogen) atoms. The van der Waals surface area contributed by atoms with Crippen molar-refractivity contribution < 1.29 is 14.5 Å². The summed E-state index contributed by atoms with van der Waals surface area (Å²) in [5.74, 6) is -0.0708. The predicted octanol–water partition coefficient (Wildman–Crippen LogP) is 3.88. The van der Waals surface area contributed by atoms with Crippen molar-refractivity contribution in [1.82, 2.24) is 0 Å². The SMILES string of the molecule is Cc1ccc(C2=C/C(=C\c3ccccc3[N+](=O)[O-])C(=O)O2)cc1. The lowest BCUT2D eigenvalue weighted by Gasteiger charge is -2.01. The van der Waals surface area contributed by atoms with Gasteiger partial charge >= 0.3 is 5.97 Å². The number of hydrogen-bond donors (Lipinski definition) is 0. The van der Waals surface area contributed by atoms with Gasteiger partial charge in [0.05, 0.1) is 16.1 Å². The number of esters is 1. The molecule has 0 saturated heterocycles. The van der Waals surface area contributed by atoms with Crippen LogP contribution in [0.15, 0.2) is 60.2 Å². The molecule has 0 fully saturated rings. The van der Waals surface area contributed by atoms with E-state index < -0.39 is 10.9 Å². The maximum Gasteiger partial charge on any atom is 0.343 e. The van der Waals surface area contributed by atoms with Gasteiger partial charge in [0.15, 0.2) is 0 Å². The Morgan fingerprint density at radius 3 is 2.48 bits per heavy atom. The lowest BCUT2D eigenvalue weighted by Crippen LogP contribution is -1.98. The van der Waals surface area contributed by atoms with Gasteiger partial charge in [-0.1, -0.05) is 42.0 Å². The van der Waals surface area contributed by atoms with Crippen molar-refractivity contribution in [1.29, 1.82) is 0 Å². The third-order valence-corrected chi connectivity index (χ3v) is 3.51. The first-order valence-electron chi connectivity index (χ1n) is 7.00. The van der Waals surface area contributed by atoms with E-state index in [1.807, 2.05) is 31.2 Å². The molecule has 5 nitrogen and oxygen atoms in total. The third-order valence-electron chi connectivity index (χ3n) is 3.51. The lowest BCUT2D eigenvalue weighted by atomic mass is 10.1. The van der Waals surface area contributed by atoms with E-state index in [0.717, 1.165) is 11.1 Å². The molecular weight excluding hydrogens is 294 g/mol. The van der Waals surface area contributed by atoms with E-state index in [2.05, 4.69) is 0 Å². The van der Waals surface area contributed by atoms with Crippen LogP contribution in [0.5, 0.6) is 0 Å². The standard InChI is InChI=1S/C18H13NO4/c1-12-6-8-13(9-7-12)17-11-15(18(20)23-17)10-14-4-2-3-5-16(14)19(21)22/h2-11H,1H3/b15-10+. The van der Waals surface area contributed by atoms with Gasteiger partial charge in [-0.15, -0.1) is 0 Å². The van der Waals surface area contributed by atoms with E-state index in [9.17, 15) is 14.9 Å². The zero-order chi connectivity index (χ0) is 16.4. The van der Waals surface area contributed by atoms with Gasteiger partial charge < -0.3 is 4.74 Å². The van der Waals surface area contributed by atoms with Gasteiger partial charge in [0.25, 0.3) is 5.69 Å². The molecule has 0 saturated carbocycles. The summed E-state index contributed by atoms with van der Waals surface area (Å²) in [6.45, 7) is 1.97. The minimum absolute atomic E-state index is 0.0509. The van der Waals surface area contributed by atoms with Crippen LogP contribution in [-0.2, 0) is 9.53 Å². The van der Waals surface area contributed by atoms with Crippen LogP contribution in [-0.4, -0.2) is 10.9 Å². The Bertz CT molecular complexity index is 848. The lowest BCUT2D eigenvalue weighted by molar-refractivity contribution is -0.385. The van der Waals surface area contributed by atoms with Crippen molar-refractivity contribution in [3.63, 3.8) is 0 Å². The molecule has 0 N–H and O–H groups in total. The zero-order valence-corrected chi connectivity index (χ0v) is 12.4. The Morgan fingerprint density at radius 1 is 1.09 bits per heavy atom. The van der Waals surface area contributed by atoms with E-state index in [1.165, 1.54) is 12.1 Å². The summed E-state index contributed by atoms with van der Waals surface area (Å²) in [7, 11) is 0. The highest BCUT2D eigenvalue weighted by Gasteiger charge is 2.23. The first-order valence-corrected chi connectivity index (χ1v) is 7.00. The topological polar surface area (TPSA) is 69.4 Å². The van der Waals surface area contributed by atoms with Crippen LogP contribution in [0.4, 0.5) is 5.69 Å². The molecule has 0 atom stereocenters. The number of nitrogens with zero attached hydrogens (tertiary/aromatic N) is 1. The number of benzene rings is 2. The van der Waals surface area contributed by atoms with Crippen molar-refractivity contribution in [3.05, 3.63) is 87.0 Å². The number of carbonyl (C=O) groups is 1. The minimum atomic E-state index is -0.515. The molecule has 0 bridgehead atoms. The molecule has 1 aliphatic rings. The summed E-state index contributed by atoms with van der Waals surface area (Å²) in [6.07, 6.45) is 3.07. The number of hydrogen-bond acceptors (Lipinski definition) is 4. The first kappa shape index (κ1) is 14.7. The van der Waals surface area contributed by atoms with Crippen LogP contribution in [0.3, 0.4) is 0 Å². The molecule has 0 spiro atoms. The van der Waals surface area contributed by atoms with Crippen LogP contribution in [0.2, 0.25) is 0 Å². The normalized spacial score (nSPS) is 15.4. The molecule has 1 aliphatic heterocycles. The number of nitro benzene ring substituents is 1. The summed E-state index contributed by atoms with van der Waals surface area (Å²) in [5, 5.41) is 11.0. The number of cyclic esters (lactones) is 1. The molecule has 2 aromatic rings. The monoisotopic (exact) mass is 307 g/mol. The maximum absolute atomic E-state index is 12.0. The molecule has 114 valence electrons. The number of ether oxygens (including phenoxy) is 1. The fourth-order valence-electron chi connectivity index (χ4n) is 2.29. The van der Waals surface area contributed by atoms with Crippen LogP contribution >= 0.6 is 0 Å². The average molecular weight is 307 g/mol. The number of nitro groups is 1. The van der Waals surface area contributed by atoms with Crippen LogP contribution in [0.25, 0.3) is 11.8 Å². The summed E-state index contributed by atoms with van der Waals surface area (Å²) in [5.41, 5.74) is 2.50. The molecule has 3 rings (SSSR count). The third kappa shape index (κ3) is 3.03. The summed E-state index contributed by atoms with van der Waals surface area (Å²) >= 11 is 0. The molecular formula is C18H13NO4. The first-order chi connectivity index (χ1) is 11.0. The van der Waals surface area contributed by atoms with Crippen LogP contribution in [0.1, 0.15) is 16.7 Å². The van der Waals surface area contributed by atoms with Crippen molar-refractivity contribution >= 4 is 23.5 Å². The van der Waals surface area contributed by atoms with Crippen molar-refractivity contribution in [2.45, 2.75) is 6.92 Å². The molecule has 0 amide bonds. The van der Waals surface area contributed by atoms with Gasteiger partial charge in [-0.05, 0) is 25.1 Å². The Kier molecular flexibility index (Phi) is 3.76. The largest absolute Gasteiger partial charge is 0.422 e. The van der Waals surface area contributed by atoms with Crippen molar-refractivity contribution in [3.8, 4) is 0 Å². The highest BCUT2D eigenvalue weighted by atomic mass is 16.6. The van der Waals surface area contributed by atoms with E-state index >= 15 is 0 Å². The molecule has 2 aromatic carbocycles. The van der Waals surface area contributed by atoms with E-state index in [-0.39, 0.29) is 11.3 Å². The fourth-order valence-corrected chi connectivity index (χ4v) is 2.29. The molecule has 0 aromatic heterocycles. The molecule has 0 aliphatic carbocycles. The Labute approximate surface area is 132 Å². The number of carbonyl (C=O) groups excluding carboxylic acids is 1. The Morgan fingerprint density at radius 2 is 1.78 bits per heavy atom. The van der Waals surface area contributed by atoms with Crippen molar-refractivity contribution in [2.24, 2.45) is 0 Å². The second-order valence-electron chi connectivity index (χ2n) is 5.18. The van der Waals surface area contributed by atoms with Gasteiger partial charge in [0.2, 0.25) is 0 Å². The van der Waals surface area contributed by atoms with Gasteiger partial charge in [-0.25, -0.2) is 4.79 Å². The van der Waals surface area contributed by atoms with Gasteiger partial charge in [-0.3, -0.25) is 10.1 Å². The molecule has 0 radical (unpaired) electrons. The quantitative estimate of drug-likeness (QED) is 0.373. The fraction of sp³-hybridized carbons (Fsp3) is 0.0556. The van der Waals surface area contributed by atoms with Crippen molar-refractivity contribution in [2.75, 3.05) is 0 Å². The highest BCUT2D eigenvalue weighted by molar-refractivity contribution is 6.05. The highest BCUT2D eigenvalue weighted by Crippen LogP contribution is 2.29.